The van der Waals surface area contributed by atoms with Gasteiger partial charge in [0.1, 0.15) is 12.5 Å². The lowest BCUT2D eigenvalue weighted by atomic mass is 10.0. The van der Waals surface area contributed by atoms with Gasteiger partial charge in [0.2, 0.25) is 0 Å². The van der Waals surface area contributed by atoms with Crippen molar-refractivity contribution in [3.8, 4) is 0 Å². The minimum atomic E-state index is -1.65. The van der Waals surface area contributed by atoms with E-state index in [0.717, 1.165) is 0 Å². The predicted molar refractivity (Wildman–Crippen MR) is 35.5 cm³/mol. The minimum absolute atomic E-state index is 0.797. The highest BCUT2D eigenvalue weighted by Crippen LogP contribution is 2.04. The Morgan fingerprint density at radius 3 is 1.92 bits per heavy atom. The van der Waals surface area contributed by atoms with Gasteiger partial charge in [-0.1, -0.05) is 0 Å². The number of Topliss-reactive ketones (excluding diaryl/α,β-unsaturated/α-hetero) is 1. The first-order valence-electron chi connectivity index (χ1n) is 3.07. The number of aliphatic hydroxyl groups excluding tert-OH is 1. The maximum atomic E-state index is 10.6. The summed E-state index contributed by atoms with van der Waals surface area (Å²) in [6, 6.07) is 0. The Labute approximate surface area is 67.4 Å². The smallest absolute Gasteiger partial charge is 0.314 e. The molecular weight excluding hydrogens is 168 g/mol. The van der Waals surface area contributed by atoms with Crippen LogP contribution in [0.3, 0.4) is 0 Å². The second kappa shape index (κ2) is 4.45. The summed E-state index contributed by atoms with van der Waals surface area (Å²) in [5.41, 5.74) is 0. The van der Waals surface area contributed by atoms with Gasteiger partial charge in [0.15, 0.2) is 5.78 Å². The largest absolute Gasteiger partial charge is 0.481 e. The highest BCUT2D eigenvalue weighted by Gasteiger charge is 2.27. The zero-order chi connectivity index (χ0) is 9.72. The van der Waals surface area contributed by atoms with E-state index in [1.165, 1.54) is 0 Å². The van der Waals surface area contributed by atoms with Gasteiger partial charge in [-0.15, -0.1) is 0 Å². The fourth-order valence-electron chi connectivity index (χ4n) is 0.624. The second-order valence-corrected chi connectivity index (χ2v) is 2.11. The Bertz CT molecular complexity index is 208. The molecule has 6 nitrogen and oxygen atoms in total. The maximum absolute atomic E-state index is 10.6. The van der Waals surface area contributed by atoms with Gasteiger partial charge in [-0.25, -0.2) is 0 Å². The summed E-state index contributed by atoms with van der Waals surface area (Å²) in [5.74, 6) is -5.56. The average Bonchev–Trinajstić information content (AvgIpc) is 1.98. The molecule has 0 spiro atoms. The summed E-state index contributed by atoms with van der Waals surface area (Å²) < 4.78 is 0. The predicted octanol–water partition coefficient (Wildman–Crippen LogP) is -1.28. The van der Waals surface area contributed by atoms with Crippen molar-refractivity contribution in [1.82, 2.24) is 0 Å². The Balaban J connectivity index is 4.33. The number of carboxylic acid groups (broad SMARTS) is 2. The van der Waals surface area contributed by atoms with E-state index in [1.54, 1.807) is 0 Å². The monoisotopic (exact) mass is 176 g/mol. The molecule has 0 amide bonds. The second-order valence-electron chi connectivity index (χ2n) is 2.11. The number of ketones is 1. The van der Waals surface area contributed by atoms with Gasteiger partial charge in [0.05, 0.1) is 6.42 Å². The molecule has 0 aromatic heterocycles. The molecule has 0 aliphatic heterocycles. The normalized spacial score (nSPS) is 12.1. The molecule has 12 heavy (non-hydrogen) atoms. The molecule has 0 rings (SSSR count). The molecule has 68 valence electrons. The summed E-state index contributed by atoms with van der Waals surface area (Å²) in [6.45, 7) is -0.954. The maximum Gasteiger partial charge on any atom is 0.314 e. The topological polar surface area (TPSA) is 112 Å². The molecule has 0 fully saturated rings. The van der Waals surface area contributed by atoms with Gasteiger partial charge in [-0.2, -0.15) is 0 Å². The molecule has 1 atom stereocenters. The summed E-state index contributed by atoms with van der Waals surface area (Å²) in [7, 11) is 0. The first kappa shape index (κ1) is 10.6. The molecule has 6 heteroatoms. The van der Waals surface area contributed by atoms with E-state index in [0.29, 0.717) is 0 Å². The van der Waals surface area contributed by atoms with Crippen molar-refractivity contribution in [2.75, 3.05) is 6.61 Å². The van der Waals surface area contributed by atoms with Crippen LogP contribution in [0.2, 0.25) is 0 Å². The first-order valence-corrected chi connectivity index (χ1v) is 3.07. The Morgan fingerprint density at radius 1 is 1.17 bits per heavy atom. The van der Waals surface area contributed by atoms with Crippen molar-refractivity contribution in [3.05, 3.63) is 0 Å². The Hall–Kier alpha value is -1.43. The van der Waals surface area contributed by atoms with Crippen LogP contribution in [0.25, 0.3) is 0 Å². The van der Waals surface area contributed by atoms with Crippen LogP contribution in [-0.2, 0) is 14.4 Å². The third kappa shape index (κ3) is 3.11. The van der Waals surface area contributed by atoms with E-state index >= 15 is 0 Å². The lowest BCUT2D eigenvalue weighted by Crippen LogP contribution is -2.28. The Morgan fingerprint density at radius 2 is 1.67 bits per heavy atom. The van der Waals surface area contributed by atoms with Crippen LogP contribution in [-0.4, -0.2) is 39.6 Å². The molecular formula is C6H8O6. The van der Waals surface area contributed by atoms with Crippen molar-refractivity contribution < 1.29 is 29.7 Å². The lowest BCUT2D eigenvalue weighted by Gasteiger charge is -2.05. The molecule has 0 saturated heterocycles. The van der Waals surface area contributed by atoms with E-state index in [1.807, 2.05) is 0 Å². The Kier molecular flexibility index (Phi) is 3.92. The molecule has 0 radical (unpaired) electrons. The lowest BCUT2D eigenvalue weighted by molar-refractivity contribution is -0.153. The average molecular weight is 176 g/mol. The van der Waals surface area contributed by atoms with E-state index in [9.17, 15) is 14.4 Å². The SMILES string of the molecule is O=C(O)CC(C(=O)O)C(=O)CO. The number of hydrogen-bond donors (Lipinski definition) is 3. The molecule has 0 aliphatic carbocycles. The van der Waals surface area contributed by atoms with Gasteiger partial charge in [-0.05, 0) is 0 Å². The molecule has 0 aromatic rings. The van der Waals surface area contributed by atoms with Crippen LogP contribution in [0.4, 0.5) is 0 Å². The van der Waals surface area contributed by atoms with Crippen molar-refractivity contribution in [1.29, 1.82) is 0 Å². The third-order valence-electron chi connectivity index (χ3n) is 1.22. The van der Waals surface area contributed by atoms with Gasteiger partial charge in [-0.3, -0.25) is 14.4 Å². The number of carbonyl (C=O) groups excluding carboxylic acids is 1. The van der Waals surface area contributed by atoms with Gasteiger partial charge >= 0.3 is 11.9 Å². The fraction of sp³-hybridized carbons (Fsp3) is 0.500. The third-order valence-corrected chi connectivity index (χ3v) is 1.22. The van der Waals surface area contributed by atoms with Crippen LogP contribution >= 0.6 is 0 Å². The first-order chi connectivity index (χ1) is 5.49. The highest BCUT2D eigenvalue weighted by atomic mass is 16.4. The van der Waals surface area contributed by atoms with Crippen LogP contribution in [0.1, 0.15) is 6.42 Å². The fourth-order valence-corrected chi connectivity index (χ4v) is 0.624. The number of aliphatic hydroxyl groups is 1. The molecule has 0 aliphatic rings. The molecule has 0 aromatic carbocycles. The van der Waals surface area contributed by atoms with Crippen LogP contribution < -0.4 is 0 Å². The molecule has 1 unspecified atom stereocenters. The zero-order valence-electron chi connectivity index (χ0n) is 6.06. The van der Waals surface area contributed by atoms with E-state index < -0.39 is 36.7 Å². The zero-order valence-corrected chi connectivity index (χ0v) is 6.06. The number of aliphatic carboxylic acids is 2. The van der Waals surface area contributed by atoms with Gasteiger partial charge < -0.3 is 15.3 Å². The number of rotatable bonds is 5. The van der Waals surface area contributed by atoms with E-state index in [-0.39, 0.29) is 0 Å². The van der Waals surface area contributed by atoms with Crippen LogP contribution in [0.15, 0.2) is 0 Å². The molecule has 0 bridgehead atoms. The minimum Gasteiger partial charge on any atom is -0.481 e. The van der Waals surface area contributed by atoms with Crippen LogP contribution in [0, 0.1) is 5.92 Å². The van der Waals surface area contributed by atoms with Gasteiger partial charge in [0, 0.05) is 0 Å². The van der Waals surface area contributed by atoms with Gasteiger partial charge in [0.25, 0.3) is 0 Å². The summed E-state index contributed by atoms with van der Waals surface area (Å²) in [4.78, 5) is 30.9. The number of carboxylic acids is 2. The molecule has 0 heterocycles. The highest BCUT2D eigenvalue weighted by molar-refractivity contribution is 6.01. The van der Waals surface area contributed by atoms with Crippen molar-refractivity contribution in [3.63, 3.8) is 0 Å². The summed E-state index contributed by atoms with van der Waals surface area (Å²) in [6.07, 6.45) is -0.797. The van der Waals surface area contributed by atoms with E-state index in [2.05, 4.69) is 0 Å². The molecule has 0 saturated carbocycles. The van der Waals surface area contributed by atoms with Crippen LogP contribution in [0.5, 0.6) is 0 Å². The summed E-state index contributed by atoms with van der Waals surface area (Å²) in [5, 5.41) is 24.8. The number of carbonyl (C=O) groups is 3. The standard InChI is InChI=1S/C6H8O6/c7-2-4(8)3(6(11)12)1-5(9)10/h3,7H,1-2H2,(H,9,10)(H,11,12). The quantitative estimate of drug-likeness (QED) is 0.450. The van der Waals surface area contributed by atoms with Crippen molar-refractivity contribution >= 4 is 17.7 Å². The summed E-state index contributed by atoms with van der Waals surface area (Å²) >= 11 is 0. The van der Waals surface area contributed by atoms with E-state index in [4.69, 9.17) is 15.3 Å². The molecule has 3 N–H and O–H groups in total. The number of hydrogen-bond acceptors (Lipinski definition) is 4. The van der Waals surface area contributed by atoms with Crippen molar-refractivity contribution in [2.24, 2.45) is 5.92 Å². The van der Waals surface area contributed by atoms with Crippen molar-refractivity contribution in [2.45, 2.75) is 6.42 Å².